The van der Waals surface area contributed by atoms with E-state index in [0.717, 1.165) is 11.0 Å². The highest BCUT2D eigenvalue weighted by atomic mass is 16.6. The lowest BCUT2D eigenvalue weighted by Crippen LogP contribution is -2.29. The Balaban J connectivity index is 1.58. The van der Waals surface area contributed by atoms with E-state index >= 15 is 0 Å². The summed E-state index contributed by atoms with van der Waals surface area (Å²) in [4.78, 5) is 61.0. The highest BCUT2D eigenvalue weighted by Gasteiger charge is 2.37. The Labute approximate surface area is 186 Å². The maximum absolute atomic E-state index is 12.9. The summed E-state index contributed by atoms with van der Waals surface area (Å²) < 4.78 is 9.80. The van der Waals surface area contributed by atoms with Gasteiger partial charge >= 0.3 is 11.9 Å². The molecule has 0 unspecified atom stereocenters. The van der Waals surface area contributed by atoms with Crippen LogP contribution in [0.4, 0.5) is 11.4 Å². The van der Waals surface area contributed by atoms with Gasteiger partial charge in [0.15, 0.2) is 0 Å². The van der Waals surface area contributed by atoms with Crippen molar-refractivity contribution in [2.75, 3.05) is 12.0 Å². The molecule has 1 aliphatic heterocycles. The number of anilines is 1. The van der Waals surface area contributed by atoms with Crippen LogP contribution in [0.5, 0.6) is 5.75 Å². The molecule has 4 rings (SSSR count). The maximum atomic E-state index is 12.9. The van der Waals surface area contributed by atoms with Gasteiger partial charge in [-0.05, 0) is 48.5 Å². The molecule has 3 aromatic carbocycles. The number of methoxy groups -OCH3 is 1. The first-order valence-corrected chi connectivity index (χ1v) is 9.48. The average Bonchev–Trinajstić information content (AvgIpc) is 3.08. The normalized spacial score (nSPS) is 12.3. The number of nitrogens with zero attached hydrogens (tertiary/aromatic N) is 2. The summed E-state index contributed by atoms with van der Waals surface area (Å²) >= 11 is 0. The topological polar surface area (TPSA) is 133 Å². The highest BCUT2D eigenvalue weighted by Crippen LogP contribution is 2.30. The molecule has 0 atom stereocenters. The first-order valence-electron chi connectivity index (χ1n) is 9.48. The summed E-state index contributed by atoms with van der Waals surface area (Å²) in [6.07, 6.45) is 0. The van der Waals surface area contributed by atoms with E-state index in [9.17, 15) is 29.3 Å². The van der Waals surface area contributed by atoms with Crippen LogP contribution in [0.1, 0.15) is 41.4 Å². The molecule has 3 aromatic rings. The number of non-ortho nitro benzene ring substituents is 1. The van der Waals surface area contributed by atoms with Crippen molar-refractivity contribution in [1.29, 1.82) is 0 Å². The number of fused-ring (bicyclic) bond motifs is 1. The SMILES string of the molecule is COC(=O)c1ccc(N2C(=O)c3ccc(C(=O)Oc4cccc([N+](=O)[O-])c4)cc3C2=O)cc1. The van der Waals surface area contributed by atoms with Gasteiger partial charge in [-0.2, -0.15) is 0 Å². The third-order valence-electron chi connectivity index (χ3n) is 4.91. The first kappa shape index (κ1) is 21.4. The quantitative estimate of drug-likeness (QED) is 0.191. The number of nitro groups is 1. The molecule has 0 aromatic heterocycles. The number of hydrogen-bond acceptors (Lipinski definition) is 8. The van der Waals surface area contributed by atoms with Crippen LogP contribution in [0.15, 0.2) is 66.7 Å². The number of imide groups is 1. The number of carbonyl (C=O) groups excluding carboxylic acids is 4. The number of rotatable bonds is 5. The maximum Gasteiger partial charge on any atom is 0.343 e. The Bertz CT molecular complexity index is 1330. The summed E-state index contributed by atoms with van der Waals surface area (Å²) in [5.74, 6) is -2.68. The lowest BCUT2D eigenvalue weighted by molar-refractivity contribution is -0.384. The third-order valence-corrected chi connectivity index (χ3v) is 4.91. The van der Waals surface area contributed by atoms with Crippen LogP contribution >= 0.6 is 0 Å². The van der Waals surface area contributed by atoms with Crippen LogP contribution in [0.25, 0.3) is 0 Å². The van der Waals surface area contributed by atoms with Crippen molar-refractivity contribution < 1.29 is 33.6 Å². The lowest BCUT2D eigenvalue weighted by atomic mass is 10.1. The van der Waals surface area contributed by atoms with Crippen LogP contribution in [-0.2, 0) is 4.74 Å². The zero-order chi connectivity index (χ0) is 23.7. The van der Waals surface area contributed by atoms with Gasteiger partial charge in [0.05, 0.1) is 46.0 Å². The van der Waals surface area contributed by atoms with Crippen molar-refractivity contribution in [1.82, 2.24) is 0 Å². The van der Waals surface area contributed by atoms with Crippen LogP contribution in [0, 0.1) is 10.1 Å². The van der Waals surface area contributed by atoms with Gasteiger partial charge < -0.3 is 9.47 Å². The molecule has 0 fully saturated rings. The minimum absolute atomic E-state index is 0.00513. The van der Waals surface area contributed by atoms with Crippen molar-refractivity contribution in [3.05, 3.63) is 99.1 Å². The van der Waals surface area contributed by atoms with E-state index in [4.69, 9.17) is 4.74 Å². The number of nitro benzene ring substituents is 1. The molecule has 10 heteroatoms. The second-order valence-electron chi connectivity index (χ2n) is 6.89. The fourth-order valence-corrected chi connectivity index (χ4v) is 3.29. The fourth-order valence-electron chi connectivity index (χ4n) is 3.29. The van der Waals surface area contributed by atoms with Crippen LogP contribution in [0.3, 0.4) is 0 Å². The molecule has 1 aliphatic rings. The van der Waals surface area contributed by atoms with Crippen LogP contribution < -0.4 is 9.64 Å². The van der Waals surface area contributed by atoms with Gasteiger partial charge in [-0.1, -0.05) is 6.07 Å². The predicted octanol–water partition coefficient (Wildman–Crippen LogP) is 3.40. The molecule has 1 heterocycles. The number of carbonyl (C=O) groups is 4. The van der Waals surface area contributed by atoms with Crippen molar-refractivity contribution in [2.24, 2.45) is 0 Å². The van der Waals surface area contributed by atoms with Gasteiger partial charge in [-0.15, -0.1) is 0 Å². The Hall–Kier alpha value is -4.86. The minimum atomic E-state index is -0.848. The van der Waals surface area contributed by atoms with Gasteiger partial charge in [-0.25, -0.2) is 14.5 Å². The van der Waals surface area contributed by atoms with Gasteiger partial charge in [0.1, 0.15) is 5.75 Å². The van der Waals surface area contributed by atoms with Gasteiger partial charge in [0.25, 0.3) is 17.5 Å². The van der Waals surface area contributed by atoms with Crippen molar-refractivity contribution >= 4 is 35.1 Å². The van der Waals surface area contributed by atoms with Crippen LogP contribution in [0.2, 0.25) is 0 Å². The fraction of sp³-hybridized carbons (Fsp3) is 0.0435. The monoisotopic (exact) mass is 446 g/mol. The van der Waals surface area contributed by atoms with E-state index in [-0.39, 0.29) is 39.4 Å². The summed E-state index contributed by atoms with van der Waals surface area (Å²) in [6.45, 7) is 0. The molecule has 0 N–H and O–H groups in total. The number of amides is 2. The first-order chi connectivity index (χ1) is 15.8. The predicted molar refractivity (Wildman–Crippen MR) is 113 cm³/mol. The summed E-state index contributed by atoms with van der Waals surface area (Å²) in [6, 6.07) is 14.7. The molecule has 0 spiro atoms. The zero-order valence-corrected chi connectivity index (χ0v) is 17.0. The lowest BCUT2D eigenvalue weighted by Gasteiger charge is -2.14. The Morgan fingerprint density at radius 1 is 0.848 bits per heavy atom. The standard InChI is InChI=1S/C23H14N2O8/c1-32-22(28)13-5-8-15(9-6-13)24-20(26)18-10-7-14(11-19(18)21(24)27)23(29)33-17-4-2-3-16(12-17)25(30)31/h2-12H,1H3. The third kappa shape index (κ3) is 3.92. The molecule has 0 saturated heterocycles. The van der Waals surface area contributed by atoms with Crippen molar-refractivity contribution in [3.8, 4) is 5.75 Å². The number of benzene rings is 3. The largest absolute Gasteiger partial charge is 0.465 e. The van der Waals surface area contributed by atoms with Gasteiger partial charge in [0.2, 0.25) is 0 Å². The van der Waals surface area contributed by atoms with Crippen molar-refractivity contribution in [2.45, 2.75) is 0 Å². The second-order valence-corrected chi connectivity index (χ2v) is 6.89. The molecular weight excluding hydrogens is 432 g/mol. The molecule has 0 radical (unpaired) electrons. The number of esters is 2. The number of ether oxygens (including phenoxy) is 2. The summed E-state index contributed by atoms with van der Waals surface area (Å²) in [5.41, 5.74) is 0.348. The van der Waals surface area contributed by atoms with E-state index in [1.807, 2.05) is 0 Å². The van der Waals surface area contributed by atoms with E-state index in [1.54, 1.807) is 0 Å². The summed E-state index contributed by atoms with van der Waals surface area (Å²) in [7, 11) is 1.24. The second kappa shape index (κ2) is 8.35. The molecule has 164 valence electrons. The molecule has 0 saturated carbocycles. The minimum Gasteiger partial charge on any atom is -0.465 e. The molecule has 0 aliphatic carbocycles. The van der Waals surface area contributed by atoms with Crippen molar-refractivity contribution in [3.63, 3.8) is 0 Å². The van der Waals surface area contributed by atoms with E-state index in [0.29, 0.717) is 0 Å². The molecule has 2 amide bonds. The Kier molecular flexibility index (Phi) is 5.41. The molecule has 0 bridgehead atoms. The smallest absolute Gasteiger partial charge is 0.343 e. The molecule has 33 heavy (non-hydrogen) atoms. The van der Waals surface area contributed by atoms with Gasteiger partial charge in [0, 0.05) is 6.07 Å². The average molecular weight is 446 g/mol. The Morgan fingerprint density at radius 3 is 2.18 bits per heavy atom. The van der Waals surface area contributed by atoms with Crippen LogP contribution in [-0.4, -0.2) is 35.8 Å². The summed E-state index contributed by atoms with van der Waals surface area (Å²) in [5, 5.41) is 10.9. The van der Waals surface area contributed by atoms with E-state index in [2.05, 4.69) is 4.74 Å². The zero-order valence-electron chi connectivity index (χ0n) is 17.0. The van der Waals surface area contributed by atoms with E-state index < -0.39 is 28.7 Å². The Morgan fingerprint density at radius 2 is 1.52 bits per heavy atom. The number of hydrogen-bond donors (Lipinski definition) is 0. The molecular formula is C23H14N2O8. The van der Waals surface area contributed by atoms with Gasteiger partial charge in [-0.3, -0.25) is 19.7 Å². The van der Waals surface area contributed by atoms with E-state index in [1.165, 1.54) is 67.8 Å². The highest BCUT2D eigenvalue weighted by molar-refractivity contribution is 6.34. The molecule has 10 nitrogen and oxygen atoms in total.